The number of ether oxygens (including phenoxy) is 2. The van der Waals surface area contributed by atoms with Crippen molar-refractivity contribution >= 4 is 17.6 Å². The smallest absolute Gasteiger partial charge is 0.334 e. The summed E-state index contributed by atoms with van der Waals surface area (Å²) in [6, 6.07) is 0. The Morgan fingerprint density at radius 3 is 2.71 bits per heavy atom. The first-order chi connectivity index (χ1) is 9.64. The fraction of sp³-hybridized carbons (Fsp3) is 0.800. The Kier molecular flexibility index (Phi) is 2.43. The van der Waals surface area contributed by atoms with Gasteiger partial charge in [0, 0.05) is 11.5 Å². The number of alkyl halides is 1. The van der Waals surface area contributed by atoms with Gasteiger partial charge in [0.15, 0.2) is 0 Å². The molecule has 0 radical (unpaired) electrons. The molecule has 0 aromatic rings. The highest BCUT2D eigenvalue weighted by Gasteiger charge is 2.85. The van der Waals surface area contributed by atoms with Crippen LogP contribution in [0.4, 0.5) is 0 Å². The molecule has 2 aliphatic carbocycles. The van der Waals surface area contributed by atoms with Crippen molar-refractivity contribution in [3.63, 3.8) is 0 Å². The van der Waals surface area contributed by atoms with Crippen LogP contribution >= 0.6 is 11.6 Å². The molecule has 2 aliphatic heterocycles. The number of aliphatic hydroxyl groups is 2. The van der Waals surface area contributed by atoms with Gasteiger partial charge in [0.1, 0.15) is 17.8 Å². The summed E-state index contributed by atoms with van der Waals surface area (Å²) in [6.07, 6.45) is 0.0825. The second kappa shape index (κ2) is 3.65. The normalized spacial score (nSPS) is 61.7. The number of hydrogen-bond acceptors (Lipinski definition) is 5. The zero-order chi connectivity index (χ0) is 15.4. The number of epoxide rings is 1. The number of hydrogen-bond donors (Lipinski definition) is 2. The zero-order valence-electron chi connectivity index (χ0n) is 12.0. The fourth-order valence-electron chi connectivity index (χ4n) is 4.86. The molecule has 4 fully saturated rings. The number of rotatable bonds is 0. The third-order valence-corrected chi connectivity index (χ3v) is 6.74. The van der Waals surface area contributed by atoms with Crippen LogP contribution in [0.5, 0.6) is 0 Å². The molecule has 8 atom stereocenters. The van der Waals surface area contributed by atoms with Gasteiger partial charge in [-0.25, -0.2) is 4.79 Å². The number of esters is 1. The van der Waals surface area contributed by atoms with Crippen LogP contribution in [0, 0.1) is 11.8 Å². The lowest BCUT2D eigenvalue weighted by molar-refractivity contribution is -0.159. The van der Waals surface area contributed by atoms with Crippen molar-refractivity contribution in [2.24, 2.45) is 11.8 Å². The molecule has 2 heterocycles. The summed E-state index contributed by atoms with van der Waals surface area (Å²) >= 11 is 6.36. The van der Waals surface area contributed by atoms with E-state index in [2.05, 4.69) is 6.58 Å². The first-order valence-electron chi connectivity index (χ1n) is 7.31. The number of halogens is 1. The summed E-state index contributed by atoms with van der Waals surface area (Å²) < 4.78 is 11.3. The van der Waals surface area contributed by atoms with E-state index in [1.165, 1.54) is 0 Å². The summed E-state index contributed by atoms with van der Waals surface area (Å²) in [5, 5.41) is 21.2. The molecule has 116 valence electrons. The van der Waals surface area contributed by atoms with Crippen molar-refractivity contribution in [1.29, 1.82) is 0 Å². The quantitative estimate of drug-likeness (QED) is 0.299. The SMILES string of the molecule is C=C1C(=O)O[C@@H]2[C@@H]1CC[C@@](C)(O)[C@@]13O[C@@H]1[C@@H](Cl)[C@@](C)(O)[C@@H]23. The van der Waals surface area contributed by atoms with E-state index in [9.17, 15) is 15.0 Å². The van der Waals surface area contributed by atoms with E-state index in [4.69, 9.17) is 21.1 Å². The van der Waals surface area contributed by atoms with E-state index >= 15 is 0 Å². The van der Waals surface area contributed by atoms with Crippen LogP contribution in [-0.4, -0.2) is 50.6 Å². The second-order valence-electron chi connectivity index (χ2n) is 7.25. The van der Waals surface area contributed by atoms with Gasteiger partial charge in [0.05, 0.1) is 22.5 Å². The molecule has 0 bridgehead atoms. The minimum atomic E-state index is -1.27. The largest absolute Gasteiger partial charge is 0.458 e. The van der Waals surface area contributed by atoms with E-state index in [0.717, 1.165) is 0 Å². The topological polar surface area (TPSA) is 79.3 Å². The minimum Gasteiger partial charge on any atom is -0.458 e. The average Bonchev–Trinajstić information content (AvgIpc) is 3.03. The van der Waals surface area contributed by atoms with Gasteiger partial charge in [0.25, 0.3) is 0 Å². The van der Waals surface area contributed by atoms with Crippen molar-refractivity contribution in [1.82, 2.24) is 0 Å². The second-order valence-corrected chi connectivity index (χ2v) is 7.72. The number of fused-ring (bicyclic) bond motifs is 2. The average molecular weight is 315 g/mol. The van der Waals surface area contributed by atoms with Gasteiger partial charge >= 0.3 is 5.97 Å². The first kappa shape index (κ1) is 14.0. The van der Waals surface area contributed by atoms with E-state index < -0.39 is 46.3 Å². The summed E-state index contributed by atoms with van der Waals surface area (Å²) in [5.41, 5.74) is -2.91. The van der Waals surface area contributed by atoms with Gasteiger partial charge in [0.2, 0.25) is 0 Å². The molecular formula is C15H19ClO5. The molecule has 2 saturated heterocycles. The Bertz CT molecular complexity index is 556. The predicted octanol–water partition coefficient (Wildman–Crippen LogP) is 0.755. The van der Waals surface area contributed by atoms with E-state index in [0.29, 0.717) is 18.4 Å². The third kappa shape index (κ3) is 1.37. The molecule has 6 heteroatoms. The molecule has 4 rings (SSSR count). The summed E-state index contributed by atoms with van der Waals surface area (Å²) in [5.74, 6) is -1.18. The van der Waals surface area contributed by atoms with E-state index in [-0.39, 0.29) is 5.92 Å². The lowest BCUT2D eigenvalue weighted by Crippen LogP contribution is -2.56. The zero-order valence-corrected chi connectivity index (χ0v) is 12.8. The molecular weight excluding hydrogens is 296 g/mol. The molecule has 2 saturated carbocycles. The number of carbonyl (C=O) groups is 1. The van der Waals surface area contributed by atoms with Crippen molar-refractivity contribution in [2.45, 2.75) is 61.1 Å². The Labute approximate surface area is 127 Å². The first-order valence-corrected chi connectivity index (χ1v) is 7.74. The van der Waals surface area contributed by atoms with Gasteiger partial charge in [-0.3, -0.25) is 0 Å². The van der Waals surface area contributed by atoms with Crippen LogP contribution in [0.2, 0.25) is 0 Å². The van der Waals surface area contributed by atoms with Gasteiger partial charge < -0.3 is 19.7 Å². The van der Waals surface area contributed by atoms with E-state index in [1.54, 1.807) is 13.8 Å². The van der Waals surface area contributed by atoms with Crippen LogP contribution in [0.1, 0.15) is 26.7 Å². The van der Waals surface area contributed by atoms with Crippen LogP contribution < -0.4 is 0 Å². The summed E-state index contributed by atoms with van der Waals surface area (Å²) in [6.45, 7) is 7.17. The Morgan fingerprint density at radius 1 is 1.38 bits per heavy atom. The lowest BCUT2D eigenvalue weighted by Gasteiger charge is -2.40. The molecule has 21 heavy (non-hydrogen) atoms. The van der Waals surface area contributed by atoms with Crippen LogP contribution in [0.3, 0.4) is 0 Å². The molecule has 1 spiro atoms. The Hall–Kier alpha value is -0.620. The highest BCUT2D eigenvalue weighted by molar-refractivity contribution is 6.22. The monoisotopic (exact) mass is 314 g/mol. The minimum absolute atomic E-state index is 0.202. The maximum absolute atomic E-state index is 11.9. The highest BCUT2D eigenvalue weighted by atomic mass is 35.5. The van der Waals surface area contributed by atoms with Gasteiger partial charge in [-0.1, -0.05) is 6.58 Å². The van der Waals surface area contributed by atoms with Crippen molar-refractivity contribution in [3.8, 4) is 0 Å². The van der Waals surface area contributed by atoms with Crippen molar-refractivity contribution in [2.75, 3.05) is 0 Å². The summed E-state index contributed by atoms with van der Waals surface area (Å²) in [7, 11) is 0. The predicted molar refractivity (Wildman–Crippen MR) is 73.7 cm³/mol. The standard InChI is InChI=1S/C15H19ClO5/c1-6-7-4-5-13(2,18)15-9(8(7)20-12(6)17)14(3,19)10(16)11(15)21-15/h7-11,18-19H,1,4-5H2,2-3H3/t7-,8-,9-,10-,11-,13-,14+,15+/m1/s1. The molecule has 0 amide bonds. The third-order valence-electron chi connectivity index (χ3n) is 6.07. The Morgan fingerprint density at radius 2 is 2.05 bits per heavy atom. The van der Waals surface area contributed by atoms with Crippen molar-refractivity contribution < 1.29 is 24.5 Å². The van der Waals surface area contributed by atoms with E-state index in [1.807, 2.05) is 0 Å². The Balaban J connectivity index is 1.87. The van der Waals surface area contributed by atoms with Gasteiger partial charge in [-0.05, 0) is 26.7 Å². The molecule has 4 aliphatic rings. The molecule has 0 unspecified atom stereocenters. The van der Waals surface area contributed by atoms with Crippen LogP contribution in [-0.2, 0) is 14.3 Å². The molecule has 0 aromatic heterocycles. The number of carbonyl (C=O) groups excluding carboxylic acids is 1. The lowest BCUT2D eigenvalue weighted by atomic mass is 9.73. The molecule has 0 aromatic carbocycles. The maximum Gasteiger partial charge on any atom is 0.334 e. The van der Waals surface area contributed by atoms with Gasteiger partial charge in [-0.2, -0.15) is 0 Å². The van der Waals surface area contributed by atoms with Crippen molar-refractivity contribution in [3.05, 3.63) is 12.2 Å². The van der Waals surface area contributed by atoms with Crippen LogP contribution in [0.25, 0.3) is 0 Å². The van der Waals surface area contributed by atoms with Gasteiger partial charge in [-0.15, -0.1) is 11.6 Å². The maximum atomic E-state index is 11.9. The van der Waals surface area contributed by atoms with Crippen LogP contribution in [0.15, 0.2) is 12.2 Å². The molecule has 5 nitrogen and oxygen atoms in total. The highest BCUT2D eigenvalue weighted by Crippen LogP contribution is 2.69. The fourth-order valence-corrected chi connectivity index (χ4v) is 5.24. The molecule has 2 N–H and O–H groups in total. The summed E-state index contributed by atoms with van der Waals surface area (Å²) in [4.78, 5) is 11.9.